The van der Waals surface area contributed by atoms with E-state index in [4.69, 9.17) is 4.52 Å². The fourth-order valence-corrected chi connectivity index (χ4v) is 2.89. The maximum absolute atomic E-state index is 12.2. The summed E-state index contributed by atoms with van der Waals surface area (Å²) in [6.07, 6.45) is 4.05. The van der Waals surface area contributed by atoms with Gasteiger partial charge in [0.2, 0.25) is 5.91 Å². The van der Waals surface area contributed by atoms with E-state index in [1.807, 2.05) is 13.8 Å². The molecular weight excluding hydrogens is 256 g/mol. The molecule has 1 aliphatic rings. The smallest absolute Gasteiger partial charge is 0.225 e. The van der Waals surface area contributed by atoms with Crippen molar-refractivity contribution in [2.45, 2.75) is 58.4 Å². The van der Waals surface area contributed by atoms with E-state index in [2.05, 4.69) is 17.4 Å². The number of carbonyl (C=O) groups excluding carboxylic acids is 1. The summed E-state index contributed by atoms with van der Waals surface area (Å²) in [6.45, 7) is 5.87. The molecule has 5 heteroatoms. The monoisotopic (exact) mass is 280 g/mol. The lowest BCUT2D eigenvalue weighted by Gasteiger charge is -2.38. The Balaban J connectivity index is 2.00. The Morgan fingerprint density at radius 2 is 2.10 bits per heavy atom. The van der Waals surface area contributed by atoms with Crippen molar-refractivity contribution >= 4 is 5.91 Å². The molecule has 0 aliphatic heterocycles. The van der Waals surface area contributed by atoms with E-state index in [0.29, 0.717) is 11.7 Å². The number of aromatic nitrogens is 1. The highest BCUT2D eigenvalue weighted by Crippen LogP contribution is 2.31. The third-order valence-corrected chi connectivity index (χ3v) is 4.46. The zero-order valence-corrected chi connectivity index (χ0v) is 12.5. The van der Waals surface area contributed by atoms with Crippen molar-refractivity contribution in [3.8, 4) is 0 Å². The largest absolute Gasteiger partial charge is 0.394 e. The maximum Gasteiger partial charge on any atom is 0.225 e. The molecule has 112 valence electrons. The molecule has 2 N–H and O–H groups in total. The van der Waals surface area contributed by atoms with Gasteiger partial charge in [-0.3, -0.25) is 4.79 Å². The Morgan fingerprint density at radius 3 is 2.60 bits per heavy atom. The van der Waals surface area contributed by atoms with Gasteiger partial charge in [-0.15, -0.1) is 0 Å². The molecule has 20 heavy (non-hydrogen) atoms. The highest BCUT2D eigenvalue weighted by atomic mass is 16.5. The average Bonchev–Trinajstić information content (AvgIpc) is 2.73. The molecule has 1 aromatic rings. The number of hydrogen-bond acceptors (Lipinski definition) is 4. The minimum absolute atomic E-state index is 0.00701. The van der Waals surface area contributed by atoms with Crippen molar-refractivity contribution in [1.29, 1.82) is 0 Å². The molecule has 1 aliphatic carbocycles. The number of aryl methyl sites for hydroxylation is 2. The lowest BCUT2D eigenvalue weighted by molar-refractivity contribution is -0.123. The van der Waals surface area contributed by atoms with E-state index in [1.165, 1.54) is 0 Å². The molecule has 0 atom stereocenters. The molecule has 1 aromatic heterocycles. The predicted molar refractivity (Wildman–Crippen MR) is 75.3 cm³/mol. The van der Waals surface area contributed by atoms with Crippen LogP contribution in [0, 0.1) is 19.8 Å². The highest BCUT2D eigenvalue weighted by Gasteiger charge is 2.35. The minimum Gasteiger partial charge on any atom is -0.394 e. The number of aliphatic hydroxyl groups is 1. The van der Waals surface area contributed by atoms with Gasteiger partial charge in [0.05, 0.1) is 24.3 Å². The Labute approximate surface area is 119 Å². The van der Waals surface area contributed by atoms with E-state index in [9.17, 15) is 9.90 Å². The first kappa shape index (κ1) is 15.0. The highest BCUT2D eigenvalue weighted by molar-refractivity contribution is 5.79. The van der Waals surface area contributed by atoms with Crippen LogP contribution in [0.4, 0.5) is 0 Å². The summed E-state index contributed by atoms with van der Waals surface area (Å²) in [4.78, 5) is 12.2. The molecular formula is C15H24N2O3. The van der Waals surface area contributed by atoms with E-state index >= 15 is 0 Å². The van der Waals surface area contributed by atoms with Gasteiger partial charge in [0.15, 0.2) is 0 Å². The second-order valence-electron chi connectivity index (χ2n) is 6.15. The predicted octanol–water partition coefficient (Wildman–Crippen LogP) is 1.89. The standard InChI is InChI=1S/C15H24N2O3/c1-10-4-6-15(9-18,7-5-10)16-14(19)8-13-11(2)17-20-12(13)3/h10,18H,4-9H2,1-3H3,(H,16,19). The molecule has 0 saturated heterocycles. The maximum atomic E-state index is 12.2. The van der Waals surface area contributed by atoms with Gasteiger partial charge in [0.1, 0.15) is 5.76 Å². The number of carbonyl (C=O) groups is 1. The van der Waals surface area contributed by atoms with Crippen molar-refractivity contribution in [2.24, 2.45) is 5.92 Å². The lowest BCUT2D eigenvalue weighted by Crippen LogP contribution is -2.53. The van der Waals surface area contributed by atoms with E-state index in [0.717, 1.165) is 36.9 Å². The third kappa shape index (κ3) is 3.20. The van der Waals surface area contributed by atoms with Crippen molar-refractivity contribution in [3.63, 3.8) is 0 Å². The second-order valence-corrected chi connectivity index (χ2v) is 6.15. The number of amides is 1. The molecule has 1 fully saturated rings. The SMILES string of the molecule is Cc1noc(C)c1CC(=O)NC1(CO)CCC(C)CC1. The van der Waals surface area contributed by atoms with Gasteiger partial charge in [-0.25, -0.2) is 0 Å². The Bertz CT molecular complexity index is 454. The van der Waals surface area contributed by atoms with Gasteiger partial charge in [0.25, 0.3) is 0 Å². The molecule has 1 heterocycles. The molecule has 0 unspecified atom stereocenters. The van der Waals surface area contributed by atoms with E-state index in [-0.39, 0.29) is 18.9 Å². The Morgan fingerprint density at radius 1 is 1.45 bits per heavy atom. The fourth-order valence-electron chi connectivity index (χ4n) is 2.89. The van der Waals surface area contributed by atoms with Gasteiger partial charge in [-0.1, -0.05) is 12.1 Å². The molecule has 2 rings (SSSR count). The molecule has 0 radical (unpaired) electrons. The molecule has 1 amide bonds. The van der Waals surface area contributed by atoms with Crippen molar-refractivity contribution in [3.05, 3.63) is 17.0 Å². The van der Waals surface area contributed by atoms with Crippen LogP contribution in [0.5, 0.6) is 0 Å². The second kappa shape index (κ2) is 5.95. The van der Waals surface area contributed by atoms with E-state index in [1.54, 1.807) is 0 Å². The van der Waals surface area contributed by atoms with Crippen LogP contribution in [0.3, 0.4) is 0 Å². The fraction of sp³-hybridized carbons (Fsp3) is 0.733. The van der Waals surface area contributed by atoms with Crippen LogP contribution < -0.4 is 5.32 Å². The minimum atomic E-state index is -0.442. The summed E-state index contributed by atoms with van der Waals surface area (Å²) in [6, 6.07) is 0. The third-order valence-electron chi connectivity index (χ3n) is 4.46. The average molecular weight is 280 g/mol. The van der Waals surface area contributed by atoms with Gasteiger partial charge in [-0.05, 0) is 45.4 Å². The summed E-state index contributed by atoms with van der Waals surface area (Å²) in [5.41, 5.74) is 1.16. The summed E-state index contributed by atoms with van der Waals surface area (Å²) >= 11 is 0. The number of aliphatic hydroxyl groups excluding tert-OH is 1. The van der Waals surface area contributed by atoms with Crippen LogP contribution in [-0.2, 0) is 11.2 Å². The first-order valence-electron chi connectivity index (χ1n) is 7.29. The van der Waals surface area contributed by atoms with Gasteiger partial charge < -0.3 is 14.9 Å². The number of hydrogen-bond donors (Lipinski definition) is 2. The van der Waals surface area contributed by atoms with Crippen LogP contribution >= 0.6 is 0 Å². The van der Waals surface area contributed by atoms with Crippen LogP contribution in [0.2, 0.25) is 0 Å². The van der Waals surface area contributed by atoms with Crippen LogP contribution in [0.1, 0.15) is 49.6 Å². The van der Waals surface area contributed by atoms with Crippen molar-refractivity contribution in [2.75, 3.05) is 6.61 Å². The first-order valence-corrected chi connectivity index (χ1v) is 7.29. The molecule has 0 aromatic carbocycles. The van der Waals surface area contributed by atoms with Gasteiger partial charge >= 0.3 is 0 Å². The normalized spacial score (nSPS) is 26.5. The molecule has 0 spiro atoms. The van der Waals surface area contributed by atoms with Crippen LogP contribution in [0.15, 0.2) is 4.52 Å². The van der Waals surface area contributed by atoms with Crippen LogP contribution in [-0.4, -0.2) is 28.3 Å². The van der Waals surface area contributed by atoms with Crippen molar-refractivity contribution in [1.82, 2.24) is 10.5 Å². The summed E-state index contributed by atoms with van der Waals surface area (Å²) < 4.78 is 5.07. The molecule has 0 bridgehead atoms. The summed E-state index contributed by atoms with van der Waals surface area (Å²) in [5.74, 6) is 1.30. The number of nitrogens with zero attached hydrogens (tertiary/aromatic N) is 1. The Hall–Kier alpha value is -1.36. The Kier molecular flexibility index (Phi) is 4.48. The first-order chi connectivity index (χ1) is 9.46. The van der Waals surface area contributed by atoms with Gasteiger partial charge in [0, 0.05) is 5.56 Å². The quantitative estimate of drug-likeness (QED) is 0.883. The van der Waals surface area contributed by atoms with Crippen molar-refractivity contribution < 1.29 is 14.4 Å². The molecule has 5 nitrogen and oxygen atoms in total. The van der Waals surface area contributed by atoms with Crippen LogP contribution in [0.25, 0.3) is 0 Å². The van der Waals surface area contributed by atoms with Gasteiger partial charge in [-0.2, -0.15) is 0 Å². The topological polar surface area (TPSA) is 75.4 Å². The number of rotatable bonds is 4. The zero-order chi connectivity index (χ0) is 14.8. The zero-order valence-electron chi connectivity index (χ0n) is 12.5. The molecule has 1 saturated carbocycles. The lowest BCUT2D eigenvalue weighted by atomic mass is 9.77. The summed E-state index contributed by atoms with van der Waals surface area (Å²) in [5, 5.41) is 16.6. The number of nitrogens with one attached hydrogen (secondary N) is 1. The summed E-state index contributed by atoms with van der Waals surface area (Å²) in [7, 11) is 0. The van der Waals surface area contributed by atoms with E-state index < -0.39 is 5.54 Å².